The molecule has 146 valence electrons. The van der Waals surface area contributed by atoms with Crippen molar-refractivity contribution < 1.29 is 4.79 Å². The topological polar surface area (TPSA) is 44.6 Å². The van der Waals surface area contributed by atoms with E-state index in [9.17, 15) is 4.79 Å². The van der Waals surface area contributed by atoms with E-state index < -0.39 is 0 Å². The zero-order chi connectivity index (χ0) is 18.5. The number of piperazine rings is 1. The summed E-state index contributed by atoms with van der Waals surface area (Å²) in [6.07, 6.45) is 6.31. The first-order valence-corrected chi connectivity index (χ1v) is 10.3. The van der Waals surface area contributed by atoms with Crippen molar-refractivity contribution in [1.82, 2.24) is 24.3 Å². The summed E-state index contributed by atoms with van der Waals surface area (Å²) in [5, 5.41) is 0. The molecule has 6 heteroatoms. The lowest BCUT2D eigenvalue weighted by Gasteiger charge is -2.36. The standard InChI is InChI=1S/C20H35N5O/c1-17(2)20-21-6-9-25(20)15-14-22-10-12-23(13-11-22)16-19(26)24-7-4-18(3)5-8-24/h6,9,17-18H,4-5,7-8,10-16H2,1-3H3. The minimum atomic E-state index is 0.324. The molecular weight excluding hydrogens is 326 g/mol. The Morgan fingerprint density at radius 1 is 1.08 bits per heavy atom. The number of amides is 1. The van der Waals surface area contributed by atoms with E-state index in [0.717, 1.165) is 71.1 Å². The van der Waals surface area contributed by atoms with E-state index in [1.54, 1.807) is 0 Å². The number of likely N-dealkylation sites (tertiary alicyclic amines) is 1. The SMILES string of the molecule is CC1CCN(C(=O)CN2CCN(CCn3ccnc3C(C)C)CC2)CC1. The highest BCUT2D eigenvalue weighted by molar-refractivity contribution is 5.78. The molecule has 2 aliphatic heterocycles. The number of hydrogen-bond acceptors (Lipinski definition) is 4. The molecule has 0 unspecified atom stereocenters. The Labute approximate surface area is 158 Å². The fourth-order valence-electron chi connectivity index (χ4n) is 3.98. The molecular formula is C20H35N5O. The smallest absolute Gasteiger partial charge is 0.236 e. The van der Waals surface area contributed by atoms with Crippen LogP contribution in [0, 0.1) is 5.92 Å². The Bertz CT molecular complexity index is 569. The second-order valence-electron chi connectivity index (χ2n) is 8.31. The summed E-state index contributed by atoms with van der Waals surface area (Å²) in [5.41, 5.74) is 0. The average molecular weight is 362 g/mol. The van der Waals surface area contributed by atoms with E-state index in [-0.39, 0.29) is 0 Å². The molecule has 1 amide bonds. The van der Waals surface area contributed by atoms with Gasteiger partial charge in [0.25, 0.3) is 0 Å². The second-order valence-corrected chi connectivity index (χ2v) is 8.31. The quantitative estimate of drug-likeness (QED) is 0.776. The highest BCUT2D eigenvalue weighted by atomic mass is 16.2. The summed E-state index contributed by atoms with van der Waals surface area (Å²) >= 11 is 0. The lowest BCUT2D eigenvalue weighted by Crippen LogP contribution is -2.51. The molecule has 0 N–H and O–H groups in total. The van der Waals surface area contributed by atoms with Gasteiger partial charge in [-0.2, -0.15) is 0 Å². The fourth-order valence-corrected chi connectivity index (χ4v) is 3.98. The van der Waals surface area contributed by atoms with Crippen LogP contribution in [0.4, 0.5) is 0 Å². The molecule has 6 nitrogen and oxygen atoms in total. The maximum Gasteiger partial charge on any atom is 0.236 e. The van der Waals surface area contributed by atoms with E-state index >= 15 is 0 Å². The summed E-state index contributed by atoms with van der Waals surface area (Å²) in [7, 11) is 0. The molecule has 0 spiro atoms. The number of rotatable bonds is 6. The molecule has 1 aromatic heterocycles. The number of carbonyl (C=O) groups is 1. The zero-order valence-electron chi connectivity index (χ0n) is 16.7. The van der Waals surface area contributed by atoms with Crippen molar-refractivity contribution in [2.45, 2.75) is 46.1 Å². The van der Waals surface area contributed by atoms with Crippen LogP contribution in [-0.4, -0.2) is 82.5 Å². The average Bonchev–Trinajstić information content (AvgIpc) is 3.10. The van der Waals surface area contributed by atoms with Gasteiger partial charge in [-0.1, -0.05) is 20.8 Å². The van der Waals surface area contributed by atoms with E-state index in [0.29, 0.717) is 18.4 Å². The molecule has 0 aromatic carbocycles. The van der Waals surface area contributed by atoms with Crippen molar-refractivity contribution in [2.24, 2.45) is 5.92 Å². The molecule has 3 heterocycles. The lowest BCUT2D eigenvalue weighted by atomic mass is 9.99. The molecule has 2 aliphatic rings. The van der Waals surface area contributed by atoms with Gasteiger partial charge in [-0.3, -0.25) is 14.6 Å². The largest absolute Gasteiger partial charge is 0.342 e. The molecule has 3 rings (SSSR count). The summed E-state index contributed by atoms with van der Waals surface area (Å²) in [6, 6.07) is 0. The Hall–Kier alpha value is -1.40. The van der Waals surface area contributed by atoms with Crippen LogP contribution in [0.15, 0.2) is 12.4 Å². The van der Waals surface area contributed by atoms with Crippen LogP contribution in [0.5, 0.6) is 0 Å². The zero-order valence-corrected chi connectivity index (χ0v) is 16.7. The molecule has 2 fully saturated rings. The van der Waals surface area contributed by atoms with Crippen molar-refractivity contribution in [3.05, 3.63) is 18.2 Å². The van der Waals surface area contributed by atoms with E-state index in [1.165, 1.54) is 5.82 Å². The third kappa shape index (κ3) is 5.07. The van der Waals surface area contributed by atoms with Crippen molar-refractivity contribution in [3.8, 4) is 0 Å². The van der Waals surface area contributed by atoms with Crippen molar-refractivity contribution in [3.63, 3.8) is 0 Å². The van der Waals surface area contributed by atoms with Crippen molar-refractivity contribution >= 4 is 5.91 Å². The number of carbonyl (C=O) groups excluding carboxylic acids is 1. The second kappa shape index (κ2) is 9.00. The number of imidazole rings is 1. The monoisotopic (exact) mass is 361 g/mol. The van der Waals surface area contributed by atoms with E-state index in [2.05, 4.69) is 51.2 Å². The first kappa shape index (κ1) is 19.4. The van der Waals surface area contributed by atoms with Crippen LogP contribution in [0.1, 0.15) is 45.4 Å². The molecule has 26 heavy (non-hydrogen) atoms. The summed E-state index contributed by atoms with van der Waals surface area (Å²) in [4.78, 5) is 23.9. The molecule has 2 saturated heterocycles. The first-order chi connectivity index (χ1) is 12.5. The van der Waals surface area contributed by atoms with Gasteiger partial charge in [0, 0.05) is 70.7 Å². The van der Waals surface area contributed by atoms with Gasteiger partial charge in [0.1, 0.15) is 5.82 Å². The van der Waals surface area contributed by atoms with Gasteiger partial charge < -0.3 is 9.47 Å². The Morgan fingerprint density at radius 2 is 1.73 bits per heavy atom. The van der Waals surface area contributed by atoms with Crippen LogP contribution >= 0.6 is 0 Å². The highest BCUT2D eigenvalue weighted by Gasteiger charge is 2.24. The lowest BCUT2D eigenvalue weighted by molar-refractivity contribution is -0.134. The molecule has 0 aliphatic carbocycles. The Balaban J connectivity index is 1.37. The Kier molecular flexibility index (Phi) is 6.70. The van der Waals surface area contributed by atoms with Gasteiger partial charge in [0.15, 0.2) is 0 Å². The van der Waals surface area contributed by atoms with Crippen LogP contribution in [-0.2, 0) is 11.3 Å². The van der Waals surface area contributed by atoms with Gasteiger partial charge in [-0.25, -0.2) is 4.98 Å². The van der Waals surface area contributed by atoms with Gasteiger partial charge in [-0.15, -0.1) is 0 Å². The Morgan fingerprint density at radius 3 is 2.38 bits per heavy atom. The number of piperidine rings is 1. The van der Waals surface area contributed by atoms with Crippen LogP contribution in [0.25, 0.3) is 0 Å². The molecule has 0 atom stereocenters. The summed E-state index contributed by atoms with van der Waals surface area (Å²) in [5.74, 6) is 2.73. The first-order valence-electron chi connectivity index (χ1n) is 10.3. The van der Waals surface area contributed by atoms with Crippen molar-refractivity contribution in [1.29, 1.82) is 0 Å². The number of nitrogens with zero attached hydrogens (tertiary/aromatic N) is 5. The van der Waals surface area contributed by atoms with Crippen LogP contribution in [0.3, 0.4) is 0 Å². The minimum Gasteiger partial charge on any atom is -0.342 e. The number of hydrogen-bond donors (Lipinski definition) is 0. The predicted molar refractivity (Wildman–Crippen MR) is 104 cm³/mol. The van der Waals surface area contributed by atoms with E-state index in [4.69, 9.17) is 0 Å². The van der Waals surface area contributed by atoms with Gasteiger partial charge in [0.05, 0.1) is 6.54 Å². The van der Waals surface area contributed by atoms with Gasteiger partial charge >= 0.3 is 0 Å². The summed E-state index contributed by atoms with van der Waals surface area (Å²) < 4.78 is 2.28. The maximum atomic E-state index is 12.5. The highest BCUT2D eigenvalue weighted by Crippen LogP contribution is 2.16. The maximum absolute atomic E-state index is 12.5. The van der Waals surface area contributed by atoms with E-state index in [1.807, 2.05) is 6.20 Å². The fraction of sp³-hybridized carbons (Fsp3) is 0.800. The normalized spacial score (nSPS) is 20.8. The molecule has 1 aromatic rings. The molecule has 0 radical (unpaired) electrons. The van der Waals surface area contributed by atoms with Crippen LogP contribution < -0.4 is 0 Å². The molecule has 0 saturated carbocycles. The van der Waals surface area contributed by atoms with Crippen molar-refractivity contribution in [2.75, 3.05) is 52.4 Å². The van der Waals surface area contributed by atoms with Gasteiger partial charge in [0.2, 0.25) is 5.91 Å². The summed E-state index contributed by atoms with van der Waals surface area (Å²) in [6.45, 7) is 15.3. The predicted octanol–water partition coefficient (Wildman–Crippen LogP) is 1.88. The number of aromatic nitrogens is 2. The molecule has 0 bridgehead atoms. The third-order valence-electron chi connectivity index (χ3n) is 5.88. The third-order valence-corrected chi connectivity index (χ3v) is 5.88. The van der Waals surface area contributed by atoms with Crippen LogP contribution in [0.2, 0.25) is 0 Å². The van der Waals surface area contributed by atoms with Gasteiger partial charge in [-0.05, 0) is 18.8 Å². The minimum absolute atomic E-state index is 0.324.